The zero-order valence-corrected chi connectivity index (χ0v) is 13.5. The number of carbonyl (C=O) groups is 1. The number of aryl methyl sites for hydroxylation is 2. The summed E-state index contributed by atoms with van der Waals surface area (Å²) in [5, 5.41) is 18.1. The molecule has 1 N–H and O–H groups in total. The quantitative estimate of drug-likeness (QED) is 0.432. The van der Waals surface area contributed by atoms with E-state index in [2.05, 4.69) is 20.4 Å². The molecule has 2 heterocycles. The van der Waals surface area contributed by atoms with Gasteiger partial charge in [0, 0.05) is 36.3 Å². The summed E-state index contributed by atoms with van der Waals surface area (Å²) >= 11 is 0. The smallest absolute Gasteiger partial charge is 0.271 e. The maximum absolute atomic E-state index is 11.0. The standard InChI is InChI=1S/C16H14N6O3/c1-10-5-13(7-14(6-10)22(24)25)18-16-17-4-3-15(19-16)21-8-12(9-23)11(2)20-21/h3-9H,1-2H3,(H,17,18,19). The summed E-state index contributed by atoms with van der Waals surface area (Å²) in [6.07, 6.45) is 3.84. The van der Waals surface area contributed by atoms with E-state index in [1.807, 2.05) is 0 Å². The molecule has 0 amide bonds. The molecule has 9 nitrogen and oxygen atoms in total. The van der Waals surface area contributed by atoms with E-state index >= 15 is 0 Å². The van der Waals surface area contributed by atoms with Gasteiger partial charge < -0.3 is 5.32 Å². The van der Waals surface area contributed by atoms with E-state index in [1.54, 1.807) is 32.2 Å². The first-order chi connectivity index (χ1) is 12.0. The van der Waals surface area contributed by atoms with E-state index in [4.69, 9.17) is 0 Å². The zero-order chi connectivity index (χ0) is 18.0. The maximum Gasteiger partial charge on any atom is 0.271 e. The molecular formula is C16H14N6O3. The molecule has 0 saturated carbocycles. The van der Waals surface area contributed by atoms with Crippen LogP contribution in [0.4, 0.5) is 17.3 Å². The molecule has 0 radical (unpaired) electrons. The van der Waals surface area contributed by atoms with Crippen LogP contribution in [0.5, 0.6) is 0 Å². The molecule has 0 aliphatic heterocycles. The van der Waals surface area contributed by atoms with Crippen molar-refractivity contribution in [2.45, 2.75) is 13.8 Å². The second-order valence-corrected chi connectivity index (χ2v) is 5.41. The minimum atomic E-state index is -0.455. The summed E-state index contributed by atoms with van der Waals surface area (Å²) in [6.45, 7) is 3.50. The molecule has 0 bridgehead atoms. The van der Waals surface area contributed by atoms with Crippen molar-refractivity contribution >= 4 is 23.6 Å². The third-order valence-electron chi connectivity index (χ3n) is 3.47. The largest absolute Gasteiger partial charge is 0.324 e. The molecule has 0 aliphatic rings. The number of anilines is 2. The van der Waals surface area contributed by atoms with Gasteiger partial charge in [0.15, 0.2) is 12.1 Å². The Bertz CT molecular complexity index is 966. The van der Waals surface area contributed by atoms with Crippen LogP contribution in [0.15, 0.2) is 36.7 Å². The van der Waals surface area contributed by atoms with Gasteiger partial charge >= 0.3 is 0 Å². The molecule has 1 aromatic carbocycles. The number of aromatic nitrogens is 4. The first-order valence-electron chi connectivity index (χ1n) is 7.34. The van der Waals surface area contributed by atoms with Crippen molar-refractivity contribution in [1.29, 1.82) is 0 Å². The summed E-state index contributed by atoms with van der Waals surface area (Å²) in [7, 11) is 0. The first kappa shape index (κ1) is 16.2. The van der Waals surface area contributed by atoms with Crippen LogP contribution in [-0.4, -0.2) is 31.0 Å². The van der Waals surface area contributed by atoms with Gasteiger partial charge in [0.2, 0.25) is 5.95 Å². The van der Waals surface area contributed by atoms with Crippen LogP contribution < -0.4 is 5.32 Å². The van der Waals surface area contributed by atoms with Crippen molar-refractivity contribution in [3.05, 3.63) is 63.6 Å². The fourth-order valence-electron chi connectivity index (χ4n) is 2.31. The highest BCUT2D eigenvalue weighted by Crippen LogP contribution is 2.22. The lowest BCUT2D eigenvalue weighted by molar-refractivity contribution is -0.384. The average Bonchev–Trinajstić information content (AvgIpc) is 2.95. The number of hydrogen-bond donors (Lipinski definition) is 1. The van der Waals surface area contributed by atoms with Gasteiger partial charge in [0.25, 0.3) is 5.69 Å². The van der Waals surface area contributed by atoms with Gasteiger partial charge in [-0.1, -0.05) is 0 Å². The van der Waals surface area contributed by atoms with Gasteiger partial charge in [0.1, 0.15) is 0 Å². The van der Waals surface area contributed by atoms with Crippen LogP contribution >= 0.6 is 0 Å². The number of nitrogens with zero attached hydrogens (tertiary/aromatic N) is 5. The van der Waals surface area contributed by atoms with Crippen LogP contribution in [0.3, 0.4) is 0 Å². The minimum Gasteiger partial charge on any atom is -0.324 e. The zero-order valence-electron chi connectivity index (χ0n) is 13.5. The highest BCUT2D eigenvalue weighted by Gasteiger charge is 2.10. The number of nitro groups is 1. The highest BCUT2D eigenvalue weighted by molar-refractivity contribution is 5.76. The number of rotatable bonds is 5. The molecule has 0 aliphatic carbocycles. The SMILES string of the molecule is Cc1cc(Nc2nccc(-n3cc(C=O)c(C)n3)n2)cc([N+](=O)[O-])c1. The first-order valence-corrected chi connectivity index (χ1v) is 7.34. The Kier molecular flexibility index (Phi) is 4.21. The predicted octanol–water partition coefficient (Wildman–Crippen LogP) is 2.74. The Morgan fingerprint density at radius 1 is 1.28 bits per heavy atom. The Balaban J connectivity index is 1.92. The average molecular weight is 338 g/mol. The number of carbonyl (C=O) groups excluding carboxylic acids is 1. The molecule has 9 heteroatoms. The lowest BCUT2D eigenvalue weighted by Gasteiger charge is -2.07. The monoisotopic (exact) mass is 338 g/mol. The van der Waals surface area contributed by atoms with E-state index in [1.165, 1.54) is 23.0 Å². The summed E-state index contributed by atoms with van der Waals surface area (Å²) in [4.78, 5) is 29.9. The van der Waals surface area contributed by atoms with Crippen molar-refractivity contribution in [2.75, 3.05) is 5.32 Å². The molecule has 0 spiro atoms. The van der Waals surface area contributed by atoms with Crippen molar-refractivity contribution in [3.8, 4) is 5.82 Å². The minimum absolute atomic E-state index is 0.0167. The van der Waals surface area contributed by atoms with Crippen LogP contribution in [0, 0.1) is 24.0 Å². The normalized spacial score (nSPS) is 10.5. The lowest BCUT2D eigenvalue weighted by atomic mass is 10.2. The molecular weight excluding hydrogens is 324 g/mol. The molecule has 0 fully saturated rings. The van der Waals surface area contributed by atoms with Gasteiger partial charge in [-0.2, -0.15) is 10.1 Å². The molecule has 0 atom stereocenters. The molecule has 0 saturated heterocycles. The lowest BCUT2D eigenvalue weighted by Crippen LogP contribution is -2.03. The fourth-order valence-corrected chi connectivity index (χ4v) is 2.31. The third kappa shape index (κ3) is 3.50. The Morgan fingerprint density at radius 3 is 2.76 bits per heavy atom. The summed E-state index contributed by atoms with van der Waals surface area (Å²) in [5.74, 6) is 0.731. The van der Waals surface area contributed by atoms with Gasteiger partial charge in [-0.05, 0) is 25.5 Å². The highest BCUT2D eigenvalue weighted by atomic mass is 16.6. The Labute approximate surface area is 142 Å². The van der Waals surface area contributed by atoms with Gasteiger partial charge in [-0.3, -0.25) is 14.9 Å². The van der Waals surface area contributed by atoms with Gasteiger partial charge in [0.05, 0.1) is 16.2 Å². The van der Waals surface area contributed by atoms with Crippen LogP contribution in [0.1, 0.15) is 21.6 Å². The molecule has 3 rings (SSSR count). The summed E-state index contributed by atoms with van der Waals surface area (Å²) in [6, 6.07) is 6.29. The van der Waals surface area contributed by atoms with E-state index in [0.717, 1.165) is 11.8 Å². The fraction of sp³-hybridized carbons (Fsp3) is 0.125. The van der Waals surface area contributed by atoms with Crippen LogP contribution in [-0.2, 0) is 0 Å². The van der Waals surface area contributed by atoms with Crippen molar-refractivity contribution in [2.24, 2.45) is 0 Å². The molecule has 0 unspecified atom stereocenters. The van der Waals surface area contributed by atoms with E-state index in [9.17, 15) is 14.9 Å². The predicted molar refractivity (Wildman–Crippen MR) is 90.4 cm³/mol. The third-order valence-corrected chi connectivity index (χ3v) is 3.47. The number of hydrogen-bond acceptors (Lipinski definition) is 7. The van der Waals surface area contributed by atoms with Crippen molar-refractivity contribution < 1.29 is 9.72 Å². The Morgan fingerprint density at radius 2 is 2.08 bits per heavy atom. The van der Waals surface area contributed by atoms with E-state index in [0.29, 0.717) is 22.8 Å². The van der Waals surface area contributed by atoms with Gasteiger partial charge in [-0.15, -0.1) is 0 Å². The number of non-ortho nitro benzene ring substituents is 1. The van der Waals surface area contributed by atoms with Crippen molar-refractivity contribution in [3.63, 3.8) is 0 Å². The van der Waals surface area contributed by atoms with E-state index < -0.39 is 4.92 Å². The van der Waals surface area contributed by atoms with Crippen LogP contribution in [0.25, 0.3) is 5.82 Å². The number of nitro benzene ring substituents is 1. The molecule has 3 aromatic rings. The molecule has 25 heavy (non-hydrogen) atoms. The maximum atomic E-state index is 11.0. The summed E-state index contributed by atoms with van der Waals surface area (Å²) in [5.41, 5.74) is 2.30. The molecule has 2 aromatic heterocycles. The molecule has 126 valence electrons. The number of nitrogens with one attached hydrogen (secondary N) is 1. The topological polar surface area (TPSA) is 116 Å². The number of aldehydes is 1. The number of benzene rings is 1. The summed E-state index contributed by atoms with van der Waals surface area (Å²) < 4.78 is 1.48. The second-order valence-electron chi connectivity index (χ2n) is 5.41. The van der Waals surface area contributed by atoms with Crippen molar-refractivity contribution in [1.82, 2.24) is 19.7 Å². The van der Waals surface area contributed by atoms with Gasteiger partial charge in [-0.25, -0.2) is 9.67 Å². The van der Waals surface area contributed by atoms with E-state index in [-0.39, 0.29) is 11.6 Å². The Hall–Kier alpha value is -3.62. The van der Waals surface area contributed by atoms with Crippen LogP contribution in [0.2, 0.25) is 0 Å². The second kappa shape index (κ2) is 6.48.